The van der Waals surface area contributed by atoms with Gasteiger partial charge in [0.25, 0.3) is 0 Å². The van der Waals surface area contributed by atoms with Crippen molar-refractivity contribution in [2.45, 2.75) is 46.3 Å². The van der Waals surface area contributed by atoms with Gasteiger partial charge in [-0.3, -0.25) is 9.47 Å². The lowest BCUT2D eigenvalue weighted by Gasteiger charge is -2.21. The molecule has 1 aromatic heterocycles. The van der Waals surface area contributed by atoms with Crippen LogP contribution in [0, 0.1) is 5.92 Å². The van der Waals surface area contributed by atoms with Gasteiger partial charge in [0.05, 0.1) is 0 Å². The predicted molar refractivity (Wildman–Crippen MR) is 124 cm³/mol. The highest BCUT2D eigenvalue weighted by Gasteiger charge is 2.31. The number of hydrogen-bond donors (Lipinski definition) is 2. The molecule has 0 radical (unpaired) electrons. The maximum absolute atomic E-state index is 4.76. The second-order valence-electron chi connectivity index (χ2n) is 7.42. The van der Waals surface area contributed by atoms with Crippen LogP contribution < -0.4 is 10.6 Å². The van der Waals surface area contributed by atoms with E-state index in [1.807, 2.05) is 34.9 Å². The lowest BCUT2D eigenvalue weighted by molar-refractivity contribution is 0.265. The Kier molecular flexibility index (Phi) is 8.68. The quantitative estimate of drug-likeness (QED) is 0.365. The first-order valence-electron chi connectivity index (χ1n) is 9.81. The van der Waals surface area contributed by atoms with Gasteiger partial charge in [0, 0.05) is 37.4 Å². The molecule has 1 fully saturated rings. The van der Waals surface area contributed by atoms with E-state index in [0.717, 1.165) is 37.1 Å². The molecule has 1 aliphatic rings. The Morgan fingerprint density at radius 2 is 2.00 bits per heavy atom. The molecule has 2 atom stereocenters. The Morgan fingerprint density at radius 3 is 2.64 bits per heavy atom. The molecule has 0 spiro atoms. The van der Waals surface area contributed by atoms with E-state index in [-0.39, 0.29) is 24.0 Å². The second kappa shape index (κ2) is 10.8. The summed E-state index contributed by atoms with van der Waals surface area (Å²) in [5, 5.41) is 15.3. The van der Waals surface area contributed by atoms with Gasteiger partial charge in [-0.25, -0.2) is 4.99 Å². The molecule has 2 heterocycles. The van der Waals surface area contributed by atoms with Crippen molar-refractivity contribution >= 4 is 29.9 Å². The van der Waals surface area contributed by atoms with Gasteiger partial charge in [-0.1, -0.05) is 25.1 Å². The standard InChI is InChI=1S/C20H31N7.HI/c1-5-21-20(24-18-13-26(15(2)3)12-16(18)4)22-11-19-25-23-14-27(19)17-9-7-6-8-10-17;/h6-10,14-16,18H,5,11-13H2,1-4H3,(H2,21,22,24);1H. The molecule has 28 heavy (non-hydrogen) atoms. The van der Waals surface area contributed by atoms with Gasteiger partial charge in [-0.05, 0) is 38.8 Å². The summed E-state index contributed by atoms with van der Waals surface area (Å²) in [5.41, 5.74) is 1.04. The average Bonchev–Trinajstić information content (AvgIpc) is 3.27. The van der Waals surface area contributed by atoms with Crippen LogP contribution in [0.2, 0.25) is 0 Å². The van der Waals surface area contributed by atoms with E-state index in [1.54, 1.807) is 6.33 Å². The lowest BCUT2D eigenvalue weighted by Crippen LogP contribution is -2.46. The van der Waals surface area contributed by atoms with Gasteiger partial charge >= 0.3 is 0 Å². The number of aromatic nitrogens is 3. The molecule has 0 saturated carbocycles. The third-order valence-corrected chi connectivity index (χ3v) is 5.07. The SMILES string of the molecule is CCNC(=NCc1nncn1-c1ccccc1)NC1CN(C(C)C)CC1C.I. The normalized spacial score (nSPS) is 20.2. The summed E-state index contributed by atoms with van der Waals surface area (Å²) in [6, 6.07) is 11.1. The second-order valence-corrected chi connectivity index (χ2v) is 7.42. The molecular weight excluding hydrogens is 465 g/mol. The van der Waals surface area contributed by atoms with Gasteiger partial charge in [-0.15, -0.1) is 34.2 Å². The van der Waals surface area contributed by atoms with E-state index in [9.17, 15) is 0 Å². The van der Waals surface area contributed by atoms with Crippen molar-refractivity contribution in [2.75, 3.05) is 19.6 Å². The molecule has 1 aromatic carbocycles. The van der Waals surface area contributed by atoms with Crippen LogP contribution in [0.4, 0.5) is 0 Å². The number of benzene rings is 1. The lowest BCUT2D eigenvalue weighted by atomic mass is 10.1. The first kappa shape index (κ1) is 22.6. The fourth-order valence-electron chi connectivity index (χ4n) is 3.43. The number of hydrogen-bond acceptors (Lipinski definition) is 4. The average molecular weight is 497 g/mol. The number of guanidine groups is 1. The van der Waals surface area contributed by atoms with Crippen molar-refractivity contribution < 1.29 is 0 Å². The Labute approximate surface area is 185 Å². The van der Waals surface area contributed by atoms with Crippen LogP contribution in [0.1, 0.15) is 33.5 Å². The molecule has 0 bridgehead atoms. The minimum absolute atomic E-state index is 0. The molecular formula is C20H32IN7. The zero-order valence-electron chi connectivity index (χ0n) is 17.2. The van der Waals surface area contributed by atoms with Gasteiger partial charge in [-0.2, -0.15) is 0 Å². The molecule has 0 aliphatic carbocycles. The summed E-state index contributed by atoms with van der Waals surface area (Å²) >= 11 is 0. The first-order chi connectivity index (χ1) is 13.1. The highest BCUT2D eigenvalue weighted by Crippen LogP contribution is 2.18. The Balaban J connectivity index is 0.00000280. The summed E-state index contributed by atoms with van der Waals surface area (Å²) in [7, 11) is 0. The Bertz CT molecular complexity index is 744. The minimum Gasteiger partial charge on any atom is -0.357 e. The van der Waals surface area contributed by atoms with Crippen LogP contribution >= 0.6 is 24.0 Å². The molecule has 2 aromatic rings. The Morgan fingerprint density at radius 1 is 1.25 bits per heavy atom. The van der Waals surface area contributed by atoms with Gasteiger partial charge in [0.1, 0.15) is 12.9 Å². The van der Waals surface area contributed by atoms with E-state index in [2.05, 4.69) is 53.4 Å². The molecule has 2 unspecified atom stereocenters. The fourth-order valence-corrected chi connectivity index (χ4v) is 3.43. The third-order valence-electron chi connectivity index (χ3n) is 5.07. The molecule has 8 heteroatoms. The van der Waals surface area contributed by atoms with Crippen LogP contribution in [0.3, 0.4) is 0 Å². The number of rotatable bonds is 6. The van der Waals surface area contributed by atoms with Gasteiger partial charge < -0.3 is 10.6 Å². The zero-order valence-corrected chi connectivity index (χ0v) is 19.5. The molecule has 3 rings (SSSR count). The molecule has 154 valence electrons. The van der Waals surface area contributed by atoms with Crippen LogP contribution in [0.5, 0.6) is 0 Å². The van der Waals surface area contributed by atoms with E-state index in [1.165, 1.54) is 0 Å². The van der Waals surface area contributed by atoms with Crippen molar-refractivity contribution in [2.24, 2.45) is 10.9 Å². The highest BCUT2D eigenvalue weighted by atomic mass is 127. The number of para-hydroxylation sites is 1. The van der Waals surface area contributed by atoms with E-state index in [4.69, 9.17) is 4.99 Å². The number of nitrogens with one attached hydrogen (secondary N) is 2. The van der Waals surface area contributed by atoms with Crippen LogP contribution in [-0.2, 0) is 6.54 Å². The number of halogens is 1. The number of aliphatic imine (C=N–C) groups is 1. The molecule has 2 N–H and O–H groups in total. The van der Waals surface area contributed by atoms with Crippen molar-refractivity contribution in [3.8, 4) is 5.69 Å². The summed E-state index contributed by atoms with van der Waals surface area (Å²) < 4.78 is 1.98. The van der Waals surface area contributed by atoms with E-state index in [0.29, 0.717) is 24.5 Å². The molecule has 1 saturated heterocycles. The maximum atomic E-state index is 4.76. The summed E-state index contributed by atoms with van der Waals surface area (Å²) in [5.74, 6) is 2.24. The molecule has 7 nitrogen and oxygen atoms in total. The van der Waals surface area contributed by atoms with Crippen molar-refractivity contribution in [1.29, 1.82) is 0 Å². The molecule has 0 amide bonds. The fraction of sp³-hybridized carbons (Fsp3) is 0.550. The highest BCUT2D eigenvalue weighted by molar-refractivity contribution is 14.0. The van der Waals surface area contributed by atoms with Crippen LogP contribution in [-0.4, -0.2) is 57.3 Å². The number of nitrogens with zero attached hydrogens (tertiary/aromatic N) is 5. The summed E-state index contributed by atoms with van der Waals surface area (Å²) in [6.45, 7) is 12.4. The monoisotopic (exact) mass is 497 g/mol. The largest absolute Gasteiger partial charge is 0.357 e. The van der Waals surface area contributed by atoms with E-state index >= 15 is 0 Å². The van der Waals surface area contributed by atoms with Crippen molar-refractivity contribution in [3.63, 3.8) is 0 Å². The number of likely N-dealkylation sites (tertiary alicyclic amines) is 1. The van der Waals surface area contributed by atoms with Gasteiger partial charge in [0.2, 0.25) is 0 Å². The van der Waals surface area contributed by atoms with E-state index < -0.39 is 0 Å². The van der Waals surface area contributed by atoms with Crippen LogP contribution in [0.15, 0.2) is 41.7 Å². The smallest absolute Gasteiger partial charge is 0.191 e. The molecule has 1 aliphatic heterocycles. The predicted octanol–water partition coefficient (Wildman–Crippen LogP) is 2.67. The first-order valence-corrected chi connectivity index (χ1v) is 9.81. The van der Waals surface area contributed by atoms with Crippen LogP contribution in [0.25, 0.3) is 5.69 Å². The van der Waals surface area contributed by atoms with Crippen molar-refractivity contribution in [1.82, 2.24) is 30.3 Å². The summed E-state index contributed by atoms with van der Waals surface area (Å²) in [6.07, 6.45) is 1.74. The Hall–Kier alpha value is -1.68. The topological polar surface area (TPSA) is 70.4 Å². The summed E-state index contributed by atoms with van der Waals surface area (Å²) in [4.78, 5) is 7.27. The minimum atomic E-state index is 0. The maximum Gasteiger partial charge on any atom is 0.191 e. The van der Waals surface area contributed by atoms with Crippen molar-refractivity contribution in [3.05, 3.63) is 42.5 Å². The zero-order chi connectivity index (χ0) is 19.2. The van der Waals surface area contributed by atoms with Gasteiger partial charge in [0.15, 0.2) is 11.8 Å². The third kappa shape index (κ3) is 5.66.